The van der Waals surface area contributed by atoms with Crippen molar-refractivity contribution < 1.29 is 4.74 Å². The van der Waals surface area contributed by atoms with E-state index in [1.807, 2.05) is 0 Å². The van der Waals surface area contributed by atoms with Gasteiger partial charge in [0.25, 0.3) is 0 Å². The van der Waals surface area contributed by atoms with Crippen LogP contribution in [0.5, 0.6) is 5.75 Å². The maximum Gasteiger partial charge on any atom is 0.119 e. The summed E-state index contributed by atoms with van der Waals surface area (Å²) in [5.41, 5.74) is 7.63. The highest BCUT2D eigenvalue weighted by Crippen LogP contribution is 2.35. The van der Waals surface area contributed by atoms with E-state index in [1.165, 1.54) is 18.4 Å². The van der Waals surface area contributed by atoms with Gasteiger partial charge in [-0.1, -0.05) is 26.0 Å². The topological polar surface area (TPSA) is 35.2 Å². The van der Waals surface area contributed by atoms with E-state index in [-0.39, 0.29) is 0 Å². The predicted octanol–water partition coefficient (Wildman–Crippen LogP) is 3.71. The molecule has 0 radical (unpaired) electrons. The van der Waals surface area contributed by atoms with Gasteiger partial charge in [0.2, 0.25) is 0 Å². The molecule has 3 atom stereocenters. The lowest BCUT2D eigenvalue weighted by Gasteiger charge is -2.32. The van der Waals surface area contributed by atoms with Crippen LogP contribution in [-0.4, -0.2) is 12.6 Å². The third-order valence-corrected chi connectivity index (χ3v) is 3.95. The molecule has 100 valence electrons. The molecule has 0 saturated heterocycles. The summed E-state index contributed by atoms with van der Waals surface area (Å²) >= 11 is 0. The first-order chi connectivity index (χ1) is 8.70. The number of ether oxygens (including phenoxy) is 1. The average molecular weight is 247 g/mol. The lowest BCUT2D eigenvalue weighted by Crippen LogP contribution is -2.33. The van der Waals surface area contributed by atoms with E-state index in [2.05, 4.69) is 38.1 Å². The Bertz CT molecular complexity index is 360. The van der Waals surface area contributed by atoms with Crippen LogP contribution in [0.3, 0.4) is 0 Å². The third kappa shape index (κ3) is 3.26. The Kier molecular flexibility index (Phi) is 4.65. The van der Waals surface area contributed by atoms with Crippen molar-refractivity contribution in [3.05, 3.63) is 29.8 Å². The van der Waals surface area contributed by atoms with Crippen molar-refractivity contribution in [2.24, 2.45) is 11.7 Å². The minimum absolute atomic E-state index is 0.323. The number of nitrogens with two attached hydrogens (primary N) is 1. The molecular weight excluding hydrogens is 222 g/mol. The second-order valence-electron chi connectivity index (χ2n) is 5.61. The van der Waals surface area contributed by atoms with Crippen LogP contribution in [0.15, 0.2) is 24.3 Å². The lowest BCUT2D eigenvalue weighted by molar-refractivity contribution is 0.304. The maximum absolute atomic E-state index is 6.26. The average Bonchev–Trinajstić information content (AvgIpc) is 2.40. The second-order valence-corrected chi connectivity index (χ2v) is 5.61. The summed E-state index contributed by atoms with van der Waals surface area (Å²) in [6, 6.07) is 8.86. The first-order valence-corrected chi connectivity index (χ1v) is 7.19. The third-order valence-electron chi connectivity index (χ3n) is 3.95. The highest BCUT2D eigenvalue weighted by atomic mass is 16.5. The van der Waals surface area contributed by atoms with Gasteiger partial charge in [0.1, 0.15) is 5.75 Å². The molecule has 1 aliphatic carbocycles. The standard InChI is InChI=1S/C16H25NO/c1-3-10-18-14-7-5-13(6-8-14)15-11-12(2)4-9-16(15)17/h5-8,12,15-16H,3-4,9-11,17H2,1-2H3. The number of rotatable bonds is 4. The van der Waals surface area contributed by atoms with Crippen LogP contribution in [0.2, 0.25) is 0 Å². The fraction of sp³-hybridized carbons (Fsp3) is 0.625. The Morgan fingerprint density at radius 2 is 1.94 bits per heavy atom. The molecule has 2 rings (SSSR count). The smallest absolute Gasteiger partial charge is 0.119 e. The van der Waals surface area contributed by atoms with Crippen LogP contribution in [0.1, 0.15) is 51.0 Å². The largest absolute Gasteiger partial charge is 0.494 e. The minimum atomic E-state index is 0.323. The quantitative estimate of drug-likeness (QED) is 0.880. The van der Waals surface area contributed by atoms with Crippen LogP contribution in [0.25, 0.3) is 0 Å². The van der Waals surface area contributed by atoms with E-state index < -0.39 is 0 Å². The van der Waals surface area contributed by atoms with E-state index in [0.717, 1.165) is 31.1 Å². The van der Waals surface area contributed by atoms with Crippen molar-refractivity contribution in [1.82, 2.24) is 0 Å². The van der Waals surface area contributed by atoms with E-state index in [9.17, 15) is 0 Å². The Labute approximate surface area is 111 Å². The molecule has 1 aromatic rings. The van der Waals surface area contributed by atoms with Crippen molar-refractivity contribution >= 4 is 0 Å². The molecule has 1 fully saturated rings. The van der Waals surface area contributed by atoms with Gasteiger partial charge in [-0.2, -0.15) is 0 Å². The maximum atomic E-state index is 6.26. The molecule has 0 aliphatic heterocycles. The van der Waals surface area contributed by atoms with Gasteiger partial charge in [-0.05, 0) is 55.2 Å². The Balaban J connectivity index is 2.03. The van der Waals surface area contributed by atoms with Gasteiger partial charge in [-0.15, -0.1) is 0 Å². The van der Waals surface area contributed by atoms with Crippen LogP contribution >= 0.6 is 0 Å². The first-order valence-electron chi connectivity index (χ1n) is 7.19. The Morgan fingerprint density at radius 3 is 2.61 bits per heavy atom. The summed E-state index contributed by atoms with van der Waals surface area (Å²) in [6.07, 6.45) is 4.69. The molecule has 0 heterocycles. The van der Waals surface area contributed by atoms with Crippen LogP contribution in [-0.2, 0) is 0 Å². The van der Waals surface area contributed by atoms with Gasteiger partial charge in [0.05, 0.1) is 6.61 Å². The van der Waals surface area contributed by atoms with Crippen molar-refractivity contribution in [1.29, 1.82) is 0 Å². The molecule has 1 saturated carbocycles. The Morgan fingerprint density at radius 1 is 1.22 bits per heavy atom. The zero-order chi connectivity index (χ0) is 13.0. The zero-order valence-electron chi connectivity index (χ0n) is 11.6. The molecular formula is C16H25NO. The summed E-state index contributed by atoms with van der Waals surface area (Å²) in [6.45, 7) is 5.24. The van der Waals surface area contributed by atoms with Crippen LogP contribution in [0.4, 0.5) is 0 Å². The highest BCUT2D eigenvalue weighted by Gasteiger charge is 2.26. The molecule has 0 aromatic heterocycles. The predicted molar refractivity (Wildman–Crippen MR) is 76.0 cm³/mol. The number of hydrogen-bond acceptors (Lipinski definition) is 2. The minimum Gasteiger partial charge on any atom is -0.494 e. The van der Waals surface area contributed by atoms with Crippen molar-refractivity contribution in [3.8, 4) is 5.75 Å². The van der Waals surface area contributed by atoms with Gasteiger partial charge in [-0.3, -0.25) is 0 Å². The fourth-order valence-corrected chi connectivity index (χ4v) is 2.82. The van der Waals surface area contributed by atoms with Gasteiger partial charge < -0.3 is 10.5 Å². The van der Waals surface area contributed by atoms with Crippen molar-refractivity contribution in [2.75, 3.05) is 6.61 Å². The molecule has 1 aromatic carbocycles. The van der Waals surface area contributed by atoms with Gasteiger partial charge in [-0.25, -0.2) is 0 Å². The van der Waals surface area contributed by atoms with E-state index in [4.69, 9.17) is 10.5 Å². The molecule has 2 N–H and O–H groups in total. The molecule has 0 amide bonds. The summed E-state index contributed by atoms with van der Waals surface area (Å²) in [4.78, 5) is 0. The van der Waals surface area contributed by atoms with Gasteiger partial charge in [0.15, 0.2) is 0 Å². The van der Waals surface area contributed by atoms with Gasteiger partial charge >= 0.3 is 0 Å². The number of hydrogen-bond donors (Lipinski definition) is 1. The molecule has 18 heavy (non-hydrogen) atoms. The first kappa shape index (κ1) is 13.4. The molecule has 0 spiro atoms. The summed E-state index contributed by atoms with van der Waals surface area (Å²) in [7, 11) is 0. The normalized spacial score (nSPS) is 28.1. The second kappa shape index (κ2) is 6.24. The van der Waals surface area contributed by atoms with Crippen LogP contribution in [0, 0.1) is 5.92 Å². The summed E-state index contributed by atoms with van der Waals surface area (Å²) in [5, 5.41) is 0. The number of benzene rings is 1. The SMILES string of the molecule is CCCOc1ccc(C2CC(C)CCC2N)cc1. The van der Waals surface area contributed by atoms with E-state index in [0.29, 0.717) is 12.0 Å². The molecule has 1 aliphatic rings. The fourth-order valence-electron chi connectivity index (χ4n) is 2.82. The lowest BCUT2D eigenvalue weighted by atomic mass is 9.76. The van der Waals surface area contributed by atoms with Crippen LogP contribution < -0.4 is 10.5 Å². The molecule has 3 unspecified atom stereocenters. The molecule has 2 nitrogen and oxygen atoms in total. The van der Waals surface area contributed by atoms with Crippen molar-refractivity contribution in [2.45, 2.75) is 51.5 Å². The van der Waals surface area contributed by atoms with E-state index in [1.54, 1.807) is 0 Å². The summed E-state index contributed by atoms with van der Waals surface area (Å²) in [5.74, 6) is 2.29. The van der Waals surface area contributed by atoms with E-state index >= 15 is 0 Å². The molecule has 2 heteroatoms. The monoisotopic (exact) mass is 247 g/mol. The zero-order valence-corrected chi connectivity index (χ0v) is 11.6. The Hall–Kier alpha value is -1.02. The van der Waals surface area contributed by atoms with Crippen molar-refractivity contribution in [3.63, 3.8) is 0 Å². The highest BCUT2D eigenvalue weighted by molar-refractivity contribution is 5.30. The molecule has 0 bridgehead atoms. The summed E-state index contributed by atoms with van der Waals surface area (Å²) < 4.78 is 5.61. The van der Waals surface area contributed by atoms with Gasteiger partial charge in [0, 0.05) is 6.04 Å².